The summed E-state index contributed by atoms with van der Waals surface area (Å²) in [5.41, 5.74) is 1.84. The number of hydrogen-bond donors (Lipinski definition) is 1. The number of benzene rings is 2. The first kappa shape index (κ1) is 19.4. The Hall–Kier alpha value is -2.34. The predicted octanol–water partition coefficient (Wildman–Crippen LogP) is 3.74. The van der Waals surface area contributed by atoms with E-state index in [0.29, 0.717) is 12.3 Å². The maximum atomic E-state index is 13.0. The van der Waals surface area contributed by atoms with Crippen LogP contribution in [-0.2, 0) is 16.1 Å². The molecular weight excluding hydrogens is 363 g/mol. The van der Waals surface area contributed by atoms with Crippen molar-refractivity contribution in [3.63, 3.8) is 0 Å². The molecule has 1 aliphatic heterocycles. The number of amides is 2. The molecule has 0 spiro atoms. The summed E-state index contributed by atoms with van der Waals surface area (Å²) in [6.07, 6.45) is 0. The zero-order valence-corrected chi connectivity index (χ0v) is 16.2. The first-order valence-corrected chi connectivity index (χ1v) is 10.0. The molecule has 0 aliphatic carbocycles. The monoisotopic (exact) mass is 386 g/mol. The molecule has 2 aromatic rings. The van der Waals surface area contributed by atoms with Crippen LogP contribution in [0.1, 0.15) is 30.3 Å². The topological polar surface area (TPSA) is 49.4 Å². The molecule has 4 nitrogen and oxygen atoms in total. The molecule has 1 fully saturated rings. The van der Waals surface area contributed by atoms with Crippen LogP contribution in [0.3, 0.4) is 0 Å². The lowest BCUT2D eigenvalue weighted by Crippen LogP contribution is -2.49. The van der Waals surface area contributed by atoms with Gasteiger partial charge in [-0.1, -0.05) is 56.3 Å². The first-order valence-electron chi connectivity index (χ1n) is 8.98. The van der Waals surface area contributed by atoms with Crippen molar-refractivity contribution in [2.24, 2.45) is 5.92 Å². The van der Waals surface area contributed by atoms with Gasteiger partial charge in [0.2, 0.25) is 11.8 Å². The summed E-state index contributed by atoms with van der Waals surface area (Å²) < 4.78 is 13.0. The molecule has 3 rings (SSSR count). The van der Waals surface area contributed by atoms with Crippen LogP contribution in [0.25, 0.3) is 0 Å². The van der Waals surface area contributed by atoms with Gasteiger partial charge in [-0.05, 0) is 23.3 Å². The van der Waals surface area contributed by atoms with Gasteiger partial charge in [-0.15, -0.1) is 11.8 Å². The van der Waals surface area contributed by atoms with Gasteiger partial charge in [-0.3, -0.25) is 9.59 Å². The lowest BCUT2D eigenvalue weighted by Gasteiger charge is -2.30. The van der Waals surface area contributed by atoms with Crippen molar-refractivity contribution in [3.05, 3.63) is 71.5 Å². The second-order valence-electron chi connectivity index (χ2n) is 6.86. The van der Waals surface area contributed by atoms with Crippen molar-refractivity contribution in [2.45, 2.75) is 31.8 Å². The van der Waals surface area contributed by atoms with Crippen molar-refractivity contribution in [1.82, 2.24) is 10.2 Å². The Morgan fingerprint density at radius 1 is 1.15 bits per heavy atom. The number of hydrogen-bond acceptors (Lipinski definition) is 3. The Morgan fingerprint density at radius 2 is 1.81 bits per heavy atom. The Balaban J connectivity index is 1.75. The van der Waals surface area contributed by atoms with Crippen LogP contribution in [0.5, 0.6) is 0 Å². The van der Waals surface area contributed by atoms with Crippen molar-refractivity contribution in [3.8, 4) is 0 Å². The molecule has 0 aromatic heterocycles. The standard InChI is InChI=1S/C21H23FN2O2S/c1-14(2)20(26)24-18(13-27-21(24)16-6-4-3-5-7-16)19(25)23-12-15-8-10-17(22)11-9-15/h3-11,14,18,21H,12-13H2,1-2H3,(H,23,25)/t18-,21-/m1/s1. The molecule has 0 saturated carbocycles. The summed E-state index contributed by atoms with van der Waals surface area (Å²) in [6.45, 7) is 4.00. The van der Waals surface area contributed by atoms with Crippen LogP contribution in [0, 0.1) is 11.7 Å². The molecular formula is C21H23FN2O2S. The molecule has 0 unspecified atom stereocenters. The van der Waals surface area contributed by atoms with Gasteiger partial charge in [0.25, 0.3) is 0 Å². The number of carbonyl (C=O) groups excluding carboxylic acids is 2. The Bertz CT molecular complexity index is 796. The van der Waals surface area contributed by atoms with Crippen LogP contribution in [0.4, 0.5) is 4.39 Å². The quantitative estimate of drug-likeness (QED) is 0.852. The number of thioether (sulfide) groups is 1. The molecule has 0 radical (unpaired) electrons. The fourth-order valence-corrected chi connectivity index (χ4v) is 4.50. The van der Waals surface area contributed by atoms with Gasteiger partial charge < -0.3 is 10.2 Å². The minimum absolute atomic E-state index is 0.0317. The van der Waals surface area contributed by atoms with E-state index < -0.39 is 6.04 Å². The van der Waals surface area contributed by atoms with E-state index in [0.717, 1.165) is 11.1 Å². The highest BCUT2D eigenvalue weighted by Gasteiger charge is 2.42. The molecule has 1 heterocycles. The van der Waals surface area contributed by atoms with Crippen LogP contribution in [0.15, 0.2) is 54.6 Å². The molecule has 2 amide bonds. The highest BCUT2D eigenvalue weighted by molar-refractivity contribution is 7.99. The van der Waals surface area contributed by atoms with Crippen molar-refractivity contribution in [1.29, 1.82) is 0 Å². The maximum Gasteiger partial charge on any atom is 0.243 e. The largest absolute Gasteiger partial charge is 0.350 e. The predicted molar refractivity (Wildman–Crippen MR) is 105 cm³/mol. The minimum Gasteiger partial charge on any atom is -0.350 e. The van der Waals surface area contributed by atoms with E-state index in [-0.39, 0.29) is 28.9 Å². The van der Waals surface area contributed by atoms with Gasteiger partial charge in [0.1, 0.15) is 17.2 Å². The molecule has 1 N–H and O–H groups in total. The molecule has 2 atom stereocenters. The third kappa shape index (κ3) is 4.50. The number of nitrogens with zero attached hydrogens (tertiary/aromatic N) is 1. The van der Waals surface area contributed by atoms with Crippen LogP contribution < -0.4 is 5.32 Å². The number of rotatable bonds is 5. The van der Waals surface area contributed by atoms with Crippen LogP contribution in [0.2, 0.25) is 0 Å². The summed E-state index contributed by atoms with van der Waals surface area (Å²) in [7, 11) is 0. The fraction of sp³-hybridized carbons (Fsp3) is 0.333. The normalized spacial score (nSPS) is 19.3. The third-order valence-electron chi connectivity index (χ3n) is 4.52. The zero-order valence-electron chi connectivity index (χ0n) is 15.4. The van der Waals surface area contributed by atoms with E-state index in [1.54, 1.807) is 28.8 Å². The number of carbonyl (C=O) groups is 2. The Kier molecular flexibility index (Phi) is 6.16. The van der Waals surface area contributed by atoms with E-state index >= 15 is 0 Å². The smallest absolute Gasteiger partial charge is 0.243 e. The molecule has 142 valence electrons. The van der Waals surface area contributed by atoms with Crippen molar-refractivity contribution in [2.75, 3.05) is 5.75 Å². The molecule has 0 bridgehead atoms. The molecule has 2 aromatic carbocycles. The summed E-state index contributed by atoms with van der Waals surface area (Å²) in [6, 6.07) is 15.3. The molecule has 6 heteroatoms. The zero-order chi connectivity index (χ0) is 19.4. The average molecular weight is 386 g/mol. The van der Waals surface area contributed by atoms with E-state index in [4.69, 9.17) is 0 Å². The van der Waals surface area contributed by atoms with Gasteiger partial charge in [0, 0.05) is 18.2 Å². The minimum atomic E-state index is -0.518. The first-order chi connectivity index (χ1) is 13.0. The molecule has 1 aliphatic rings. The van der Waals surface area contributed by atoms with Crippen molar-refractivity contribution >= 4 is 23.6 Å². The summed E-state index contributed by atoms with van der Waals surface area (Å²) in [5.74, 6) is -0.165. The number of nitrogens with one attached hydrogen (secondary N) is 1. The lowest BCUT2D eigenvalue weighted by atomic mass is 10.1. The van der Waals surface area contributed by atoms with Gasteiger partial charge >= 0.3 is 0 Å². The highest BCUT2D eigenvalue weighted by atomic mass is 32.2. The summed E-state index contributed by atoms with van der Waals surface area (Å²) in [5, 5.41) is 2.72. The van der Waals surface area contributed by atoms with Gasteiger partial charge in [0.05, 0.1) is 0 Å². The lowest BCUT2D eigenvalue weighted by molar-refractivity contribution is -0.142. The van der Waals surface area contributed by atoms with Gasteiger partial charge in [0.15, 0.2) is 0 Å². The Morgan fingerprint density at radius 3 is 2.44 bits per heavy atom. The SMILES string of the molecule is CC(C)C(=O)N1[C@@H](C(=O)NCc2ccc(F)cc2)CS[C@@H]1c1ccccc1. The van der Waals surface area contributed by atoms with E-state index in [1.165, 1.54) is 12.1 Å². The molecule has 1 saturated heterocycles. The highest BCUT2D eigenvalue weighted by Crippen LogP contribution is 2.42. The van der Waals surface area contributed by atoms with Crippen molar-refractivity contribution < 1.29 is 14.0 Å². The van der Waals surface area contributed by atoms with Crippen LogP contribution >= 0.6 is 11.8 Å². The third-order valence-corrected chi connectivity index (χ3v) is 5.84. The van der Waals surface area contributed by atoms with Crippen LogP contribution in [-0.4, -0.2) is 28.5 Å². The van der Waals surface area contributed by atoms with E-state index in [2.05, 4.69) is 5.32 Å². The Labute approximate surface area is 163 Å². The second-order valence-corrected chi connectivity index (χ2v) is 7.97. The summed E-state index contributed by atoms with van der Waals surface area (Å²) >= 11 is 1.60. The van der Waals surface area contributed by atoms with E-state index in [1.807, 2.05) is 44.2 Å². The molecule has 27 heavy (non-hydrogen) atoms. The maximum absolute atomic E-state index is 13.0. The average Bonchev–Trinajstić information content (AvgIpc) is 3.12. The number of halogens is 1. The van der Waals surface area contributed by atoms with E-state index in [9.17, 15) is 14.0 Å². The fourth-order valence-electron chi connectivity index (χ4n) is 3.06. The van der Waals surface area contributed by atoms with Gasteiger partial charge in [-0.2, -0.15) is 0 Å². The summed E-state index contributed by atoms with van der Waals surface area (Å²) in [4.78, 5) is 27.4. The van der Waals surface area contributed by atoms with Gasteiger partial charge in [-0.25, -0.2) is 4.39 Å². The second kappa shape index (κ2) is 8.57.